The zero-order valence-electron chi connectivity index (χ0n) is 14.8. The molecule has 1 aliphatic rings. The molecular formula is C20H17ClFN3O2S. The number of pyridine rings is 1. The van der Waals surface area contributed by atoms with Crippen LogP contribution in [-0.2, 0) is 0 Å². The summed E-state index contributed by atoms with van der Waals surface area (Å²) in [4.78, 5) is 18.4. The van der Waals surface area contributed by atoms with Crippen molar-refractivity contribution in [2.45, 2.75) is 0 Å². The summed E-state index contributed by atoms with van der Waals surface area (Å²) < 4.78 is 14.0. The molecule has 2 aromatic carbocycles. The normalized spacial score (nSPS) is 14.3. The molecule has 3 aromatic rings. The summed E-state index contributed by atoms with van der Waals surface area (Å²) in [5.41, 5.74) is 2.53. The third-order valence-corrected chi connectivity index (χ3v) is 5.81. The fourth-order valence-corrected chi connectivity index (χ4v) is 4.34. The Morgan fingerprint density at radius 1 is 1.21 bits per heavy atom. The van der Waals surface area contributed by atoms with Crippen molar-refractivity contribution in [2.24, 2.45) is 0 Å². The minimum absolute atomic E-state index is 0.0500. The lowest BCUT2D eigenvalue weighted by molar-refractivity contribution is 0.0698. The van der Waals surface area contributed by atoms with E-state index in [0.717, 1.165) is 30.3 Å². The molecule has 4 rings (SSSR count). The van der Waals surface area contributed by atoms with Crippen molar-refractivity contribution in [3.05, 3.63) is 59.0 Å². The first-order chi connectivity index (χ1) is 13.5. The number of carboxylic acids is 1. The van der Waals surface area contributed by atoms with E-state index in [1.54, 1.807) is 24.4 Å². The van der Waals surface area contributed by atoms with E-state index in [1.807, 2.05) is 11.8 Å². The number of carbonyl (C=O) groups is 1. The lowest BCUT2D eigenvalue weighted by atomic mass is 10.1. The summed E-state index contributed by atoms with van der Waals surface area (Å²) in [6.45, 7) is 1.68. The fourth-order valence-electron chi connectivity index (χ4n) is 3.27. The van der Waals surface area contributed by atoms with Crippen LogP contribution < -0.4 is 10.2 Å². The molecule has 1 aromatic heterocycles. The SMILES string of the molecule is O=C(O)c1cc(Cl)ccc1Nc1c(N2CCSCC2)cnc2ccc(F)cc12. The molecular weight excluding hydrogens is 401 g/mol. The summed E-state index contributed by atoms with van der Waals surface area (Å²) >= 11 is 7.85. The van der Waals surface area contributed by atoms with Gasteiger partial charge in [-0.25, -0.2) is 9.18 Å². The highest BCUT2D eigenvalue weighted by atomic mass is 35.5. The van der Waals surface area contributed by atoms with Crippen molar-refractivity contribution in [3.8, 4) is 0 Å². The summed E-state index contributed by atoms with van der Waals surface area (Å²) in [6, 6.07) is 9.04. The highest BCUT2D eigenvalue weighted by Crippen LogP contribution is 2.37. The van der Waals surface area contributed by atoms with Crippen LogP contribution in [0.4, 0.5) is 21.5 Å². The van der Waals surface area contributed by atoms with E-state index < -0.39 is 5.97 Å². The number of carboxylic acid groups (broad SMARTS) is 1. The van der Waals surface area contributed by atoms with Gasteiger partial charge in [0.05, 0.1) is 34.3 Å². The Balaban J connectivity index is 1.88. The lowest BCUT2D eigenvalue weighted by Gasteiger charge is -2.30. The average Bonchev–Trinajstić information content (AvgIpc) is 2.70. The minimum atomic E-state index is -1.09. The molecule has 0 unspecified atom stereocenters. The average molecular weight is 418 g/mol. The van der Waals surface area contributed by atoms with Crippen LogP contribution in [0.2, 0.25) is 5.02 Å². The quantitative estimate of drug-likeness (QED) is 0.621. The Hall–Kier alpha value is -2.51. The van der Waals surface area contributed by atoms with Crippen LogP contribution >= 0.6 is 23.4 Å². The number of anilines is 3. The van der Waals surface area contributed by atoms with E-state index in [4.69, 9.17) is 11.6 Å². The molecule has 5 nitrogen and oxygen atoms in total. The molecule has 0 radical (unpaired) electrons. The molecule has 8 heteroatoms. The second kappa shape index (κ2) is 7.85. The standard InChI is InChI=1S/C20H17ClFN3O2S/c21-12-1-3-17(15(9-12)20(26)27)24-19-14-10-13(22)2-4-16(14)23-11-18(19)25-5-7-28-8-6-25/h1-4,9-11H,5-8H2,(H,23,24)(H,26,27). The van der Waals surface area contributed by atoms with Crippen molar-refractivity contribution in [2.75, 3.05) is 34.8 Å². The van der Waals surface area contributed by atoms with Gasteiger partial charge in [-0.3, -0.25) is 4.98 Å². The number of thioether (sulfide) groups is 1. The van der Waals surface area contributed by atoms with E-state index in [9.17, 15) is 14.3 Å². The van der Waals surface area contributed by atoms with E-state index >= 15 is 0 Å². The van der Waals surface area contributed by atoms with Crippen LogP contribution in [-0.4, -0.2) is 40.7 Å². The number of hydrogen-bond acceptors (Lipinski definition) is 5. The predicted octanol–water partition coefficient (Wildman–Crippen LogP) is 5.02. The van der Waals surface area contributed by atoms with Gasteiger partial charge in [-0.2, -0.15) is 11.8 Å². The molecule has 0 bridgehead atoms. The molecule has 1 saturated heterocycles. The van der Waals surface area contributed by atoms with Gasteiger partial charge in [0.25, 0.3) is 0 Å². The van der Waals surface area contributed by atoms with E-state index in [2.05, 4.69) is 15.2 Å². The number of aromatic carboxylic acids is 1. The Morgan fingerprint density at radius 2 is 2.00 bits per heavy atom. The largest absolute Gasteiger partial charge is 0.478 e. The van der Waals surface area contributed by atoms with Gasteiger partial charge < -0.3 is 15.3 Å². The first-order valence-corrected chi connectivity index (χ1v) is 10.3. The number of halogens is 2. The minimum Gasteiger partial charge on any atom is -0.478 e. The molecule has 0 saturated carbocycles. The topological polar surface area (TPSA) is 65.5 Å². The van der Waals surface area contributed by atoms with Gasteiger partial charge in [-0.05, 0) is 36.4 Å². The molecule has 28 heavy (non-hydrogen) atoms. The van der Waals surface area contributed by atoms with Crippen molar-refractivity contribution in [1.82, 2.24) is 4.98 Å². The first-order valence-electron chi connectivity index (χ1n) is 8.74. The van der Waals surface area contributed by atoms with Gasteiger partial charge in [0.15, 0.2) is 0 Å². The zero-order chi connectivity index (χ0) is 19.7. The maximum absolute atomic E-state index is 14.0. The summed E-state index contributed by atoms with van der Waals surface area (Å²) in [5, 5.41) is 13.7. The maximum Gasteiger partial charge on any atom is 0.337 e. The van der Waals surface area contributed by atoms with Crippen LogP contribution in [0.25, 0.3) is 10.9 Å². The molecule has 1 fully saturated rings. The second-order valence-corrected chi connectivity index (χ2v) is 8.06. The molecule has 0 spiro atoms. The highest BCUT2D eigenvalue weighted by Gasteiger charge is 2.20. The molecule has 0 amide bonds. The monoisotopic (exact) mass is 417 g/mol. The Morgan fingerprint density at radius 3 is 2.75 bits per heavy atom. The van der Waals surface area contributed by atoms with Crippen molar-refractivity contribution < 1.29 is 14.3 Å². The van der Waals surface area contributed by atoms with Crippen LogP contribution in [0, 0.1) is 5.82 Å². The number of hydrogen-bond donors (Lipinski definition) is 2. The van der Waals surface area contributed by atoms with Gasteiger partial charge in [-0.1, -0.05) is 11.6 Å². The zero-order valence-corrected chi connectivity index (χ0v) is 16.4. The number of nitrogens with one attached hydrogen (secondary N) is 1. The predicted molar refractivity (Wildman–Crippen MR) is 113 cm³/mol. The Kier molecular flexibility index (Phi) is 5.28. The smallest absolute Gasteiger partial charge is 0.337 e. The summed E-state index contributed by atoms with van der Waals surface area (Å²) in [7, 11) is 0. The molecule has 2 N–H and O–H groups in total. The first kappa shape index (κ1) is 18.8. The van der Waals surface area contributed by atoms with Crippen LogP contribution in [0.5, 0.6) is 0 Å². The van der Waals surface area contributed by atoms with Crippen molar-refractivity contribution in [3.63, 3.8) is 0 Å². The van der Waals surface area contributed by atoms with Crippen LogP contribution in [0.15, 0.2) is 42.6 Å². The van der Waals surface area contributed by atoms with Gasteiger partial charge in [0, 0.05) is 35.0 Å². The Labute approximate surface area is 170 Å². The number of fused-ring (bicyclic) bond motifs is 1. The highest BCUT2D eigenvalue weighted by molar-refractivity contribution is 7.99. The number of nitrogens with zero attached hydrogens (tertiary/aromatic N) is 2. The third-order valence-electron chi connectivity index (χ3n) is 4.63. The van der Waals surface area contributed by atoms with E-state index in [1.165, 1.54) is 18.2 Å². The fraction of sp³-hybridized carbons (Fsp3) is 0.200. The molecule has 0 aliphatic carbocycles. The van der Waals surface area contributed by atoms with Crippen LogP contribution in [0.3, 0.4) is 0 Å². The Bertz CT molecular complexity index is 1060. The van der Waals surface area contributed by atoms with Crippen molar-refractivity contribution >= 4 is 57.3 Å². The third kappa shape index (κ3) is 3.72. The second-order valence-electron chi connectivity index (χ2n) is 6.40. The van der Waals surface area contributed by atoms with E-state index in [-0.39, 0.29) is 11.4 Å². The van der Waals surface area contributed by atoms with Gasteiger partial charge >= 0.3 is 5.97 Å². The number of rotatable bonds is 4. The van der Waals surface area contributed by atoms with E-state index in [0.29, 0.717) is 27.3 Å². The van der Waals surface area contributed by atoms with Crippen molar-refractivity contribution in [1.29, 1.82) is 0 Å². The molecule has 144 valence electrons. The number of benzene rings is 2. The molecule has 1 aliphatic heterocycles. The van der Waals surface area contributed by atoms with Gasteiger partial charge in [0.2, 0.25) is 0 Å². The van der Waals surface area contributed by atoms with Crippen LogP contribution in [0.1, 0.15) is 10.4 Å². The summed E-state index contributed by atoms with van der Waals surface area (Å²) in [6.07, 6.45) is 1.76. The van der Waals surface area contributed by atoms with Gasteiger partial charge in [-0.15, -0.1) is 0 Å². The number of aromatic nitrogens is 1. The molecule has 2 heterocycles. The lowest BCUT2D eigenvalue weighted by Crippen LogP contribution is -2.33. The molecule has 0 atom stereocenters. The maximum atomic E-state index is 14.0. The summed E-state index contributed by atoms with van der Waals surface area (Å²) in [5.74, 6) is 0.507. The van der Waals surface area contributed by atoms with Gasteiger partial charge in [0.1, 0.15) is 5.82 Å².